The van der Waals surface area contributed by atoms with Crippen molar-refractivity contribution in [2.75, 3.05) is 18.1 Å². The van der Waals surface area contributed by atoms with Gasteiger partial charge >= 0.3 is 5.97 Å². The first-order valence-corrected chi connectivity index (χ1v) is 7.28. The summed E-state index contributed by atoms with van der Waals surface area (Å²) in [5.41, 5.74) is 6.32. The fraction of sp³-hybridized carbons (Fsp3) is 0.143. The van der Waals surface area contributed by atoms with Crippen molar-refractivity contribution >= 4 is 35.0 Å². The zero-order chi connectivity index (χ0) is 14.4. The molecule has 1 aromatic carbocycles. The van der Waals surface area contributed by atoms with Crippen molar-refractivity contribution in [2.24, 2.45) is 0 Å². The van der Waals surface area contributed by atoms with Gasteiger partial charge in [0.2, 0.25) is 0 Å². The van der Waals surface area contributed by atoms with Crippen LogP contribution in [0.5, 0.6) is 0 Å². The molecule has 0 aliphatic carbocycles. The van der Waals surface area contributed by atoms with E-state index in [4.69, 9.17) is 22.1 Å². The van der Waals surface area contributed by atoms with Gasteiger partial charge in [-0.05, 0) is 30.3 Å². The van der Waals surface area contributed by atoms with Crippen LogP contribution in [0.1, 0.15) is 10.4 Å². The number of pyridine rings is 1. The molecule has 1 heterocycles. The Morgan fingerprint density at radius 1 is 1.30 bits per heavy atom. The molecule has 0 saturated carbocycles. The van der Waals surface area contributed by atoms with Gasteiger partial charge in [0.05, 0.1) is 17.4 Å². The molecule has 2 aromatic rings. The van der Waals surface area contributed by atoms with E-state index in [0.29, 0.717) is 28.6 Å². The van der Waals surface area contributed by atoms with Crippen molar-refractivity contribution in [3.05, 3.63) is 53.3 Å². The molecule has 4 nitrogen and oxygen atoms in total. The van der Waals surface area contributed by atoms with Crippen LogP contribution in [0.4, 0.5) is 5.69 Å². The second kappa shape index (κ2) is 7.17. The Bertz CT molecular complexity index is 590. The lowest BCUT2D eigenvalue weighted by Crippen LogP contribution is -2.10. The van der Waals surface area contributed by atoms with Crippen molar-refractivity contribution in [2.45, 2.75) is 4.90 Å². The highest BCUT2D eigenvalue weighted by Crippen LogP contribution is 2.20. The Balaban J connectivity index is 1.77. The number of esters is 1. The molecule has 0 unspecified atom stereocenters. The molecule has 6 heteroatoms. The Labute approximate surface area is 126 Å². The van der Waals surface area contributed by atoms with Crippen LogP contribution in [0.15, 0.2) is 47.6 Å². The predicted octanol–water partition coefficient (Wildman–Crippen LogP) is 3.27. The number of rotatable bonds is 5. The number of halogens is 1. The summed E-state index contributed by atoms with van der Waals surface area (Å²) in [6.45, 7) is 0.313. The topological polar surface area (TPSA) is 65.2 Å². The Kier molecular flexibility index (Phi) is 5.26. The summed E-state index contributed by atoms with van der Waals surface area (Å²) < 4.78 is 5.16. The predicted molar refractivity (Wildman–Crippen MR) is 81.1 cm³/mol. The van der Waals surface area contributed by atoms with Gasteiger partial charge in [0, 0.05) is 21.9 Å². The van der Waals surface area contributed by atoms with Crippen LogP contribution in [0.3, 0.4) is 0 Å². The third kappa shape index (κ3) is 4.15. The maximum Gasteiger partial charge on any atom is 0.340 e. The first-order valence-electron chi connectivity index (χ1n) is 5.92. The lowest BCUT2D eigenvalue weighted by molar-refractivity contribution is 0.0531. The number of nitrogens with two attached hydrogens (primary N) is 1. The van der Waals surface area contributed by atoms with Crippen LogP contribution in [-0.2, 0) is 4.74 Å². The molecule has 0 fully saturated rings. The Hall–Kier alpha value is -1.72. The van der Waals surface area contributed by atoms with Crippen LogP contribution in [0.2, 0.25) is 5.02 Å². The normalized spacial score (nSPS) is 10.2. The highest BCUT2D eigenvalue weighted by atomic mass is 35.5. The van der Waals surface area contributed by atoms with Crippen molar-refractivity contribution in [3.8, 4) is 0 Å². The number of hydrogen-bond donors (Lipinski definition) is 1. The van der Waals surface area contributed by atoms with Crippen LogP contribution < -0.4 is 5.73 Å². The average molecular weight is 309 g/mol. The van der Waals surface area contributed by atoms with E-state index in [1.165, 1.54) is 12.4 Å². The molecule has 0 aliphatic rings. The smallest absolute Gasteiger partial charge is 0.340 e. The van der Waals surface area contributed by atoms with Gasteiger partial charge < -0.3 is 10.5 Å². The lowest BCUT2D eigenvalue weighted by atomic mass is 10.2. The summed E-state index contributed by atoms with van der Waals surface area (Å²) >= 11 is 7.39. The number of anilines is 1. The standard InChI is InChI=1S/C14H13ClN2O2S/c15-10-1-3-11(4-2-10)20-8-7-19-14(18)12-5-6-17-9-13(12)16/h1-6,9H,7-8,16H2. The zero-order valence-corrected chi connectivity index (χ0v) is 12.2. The summed E-state index contributed by atoms with van der Waals surface area (Å²) in [5.74, 6) is 0.236. The number of nitrogens with zero attached hydrogens (tertiary/aromatic N) is 1. The second-order valence-corrected chi connectivity index (χ2v) is 5.51. The van der Waals surface area contributed by atoms with Gasteiger partial charge in [-0.1, -0.05) is 11.6 Å². The van der Waals surface area contributed by atoms with E-state index < -0.39 is 5.97 Å². The van der Waals surface area contributed by atoms with Crippen molar-refractivity contribution < 1.29 is 9.53 Å². The molecule has 0 atom stereocenters. The van der Waals surface area contributed by atoms with Gasteiger partial charge in [0.1, 0.15) is 6.61 Å². The van der Waals surface area contributed by atoms with E-state index in [9.17, 15) is 4.79 Å². The van der Waals surface area contributed by atoms with Gasteiger partial charge in [-0.3, -0.25) is 4.98 Å². The van der Waals surface area contributed by atoms with Gasteiger partial charge in [0.15, 0.2) is 0 Å². The number of benzene rings is 1. The maximum absolute atomic E-state index is 11.8. The molecule has 0 aliphatic heterocycles. The monoisotopic (exact) mass is 308 g/mol. The largest absolute Gasteiger partial charge is 0.461 e. The Morgan fingerprint density at radius 3 is 2.75 bits per heavy atom. The number of ether oxygens (including phenoxy) is 1. The molecule has 0 bridgehead atoms. The summed E-state index contributed by atoms with van der Waals surface area (Å²) in [5, 5.41) is 0.703. The minimum atomic E-state index is -0.429. The number of aromatic nitrogens is 1. The zero-order valence-electron chi connectivity index (χ0n) is 10.6. The minimum Gasteiger partial charge on any atom is -0.461 e. The van der Waals surface area contributed by atoms with Crippen LogP contribution >= 0.6 is 23.4 Å². The van der Waals surface area contributed by atoms with Crippen molar-refractivity contribution in [3.63, 3.8) is 0 Å². The molecule has 0 radical (unpaired) electrons. The second-order valence-electron chi connectivity index (χ2n) is 3.90. The van der Waals surface area contributed by atoms with Gasteiger partial charge in [0.25, 0.3) is 0 Å². The fourth-order valence-electron chi connectivity index (χ4n) is 1.50. The summed E-state index contributed by atoms with van der Waals surface area (Å²) in [4.78, 5) is 16.7. The third-order valence-electron chi connectivity index (χ3n) is 2.47. The molecular formula is C14H13ClN2O2S. The number of hydrogen-bond acceptors (Lipinski definition) is 5. The first-order chi connectivity index (χ1) is 9.66. The van der Waals surface area contributed by atoms with Crippen LogP contribution in [-0.4, -0.2) is 23.3 Å². The lowest BCUT2D eigenvalue weighted by Gasteiger charge is -2.06. The van der Waals surface area contributed by atoms with E-state index in [-0.39, 0.29) is 0 Å². The molecule has 0 amide bonds. The molecule has 104 valence electrons. The van der Waals surface area contributed by atoms with Gasteiger partial charge in [-0.25, -0.2) is 4.79 Å². The highest BCUT2D eigenvalue weighted by molar-refractivity contribution is 7.99. The molecule has 0 spiro atoms. The molecule has 1 aromatic heterocycles. The number of thioether (sulfide) groups is 1. The van der Waals surface area contributed by atoms with E-state index >= 15 is 0 Å². The van der Waals surface area contributed by atoms with Crippen LogP contribution in [0, 0.1) is 0 Å². The molecule has 2 N–H and O–H groups in total. The minimum absolute atomic E-state index is 0.313. The van der Waals surface area contributed by atoms with E-state index in [1.807, 2.05) is 24.3 Å². The quantitative estimate of drug-likeness (QED) is 0.522. The Morgan fingerprint density at radius 2 is 2.05 bits per heavy atom. The molecule has 0 saturated heterocycles. The highest BCUT2D eigenvalue weighted by Gasteiger charge is 2.10. The molecule has 2 rings (SSSR count). The SMILES string of the molecule is Nc1cnccc1C(=O)OCCSc1ccc(Cl)cc1. The molecule has 20 heavy (non-hydrogen) atoms. The van der Waals surface area contributed by atoms with Crippen molar-refractivity contribution in [1.29, 1.82) is 0 Å². The summed E-state index contributed by atoms with van der Waals surface area (Å²) in [7, 11) is 0. The first kappa shape index (κ1) is 14.7. The number of carbonyl (C=O) groups is 1. The van der Waals surface area contributed by atoms with Crippen LogP contribution in [0.25, 0.3) is 0 Å². The molecular weight excluding hydrogens is 296 g/mol. The van der Waals surface area contributed by atoms with Gasteiger partial charge in [-0.2, -0.15) is 0 Å². The van der Waals surface area contributed by atoms with E-state index in [0.717, 1.165) is 4.90 Å². The number of nitrogen functional groups attached to an aromatic ring is 1. The summed E-state index contributed by atoms with van der Waals surface area (Å²) in [6, 6.07) is 9.05. The fourth-order valence-corrected chi connectivity index (χ4v) is 2.35. The van der Waals surface area contributed by atoms with E-state index in [2.05, 4.69) is 4.98 Å². The van der Waals surface area contributed by atoms with Crippen molar-refractivity contribution in [1.82, 2.24) is 4.98 Å². The average Bonchev–Trinajstić information content (AvgIpc) is 2.46. The number of carbonyl (C=O) groups excluding carboxylic acids is 1. The van der Waals surface area contributed by atoms with E-state index in [1.54, 1.807) is 17.8 Å². The third-order valence-corrected chi connectivity index (χ3v) is 3.70. The van der Waals surface area contributed by atoms with Gasteiger partial charge in [-0.15, -0.1) is 11.8 Å². The maximum atomic E-state index is 11.8. The summed E-state index contributed by atoms with van der Waals surface area (Å²) in [6.07, 6.45) is 2.94.